The van der Waals surface area contributed by atoms with Gasteiger partial charge in [-0.05, 0) is 48.9 Å². The number of methoxy groups -OCH3 is 1. The van der Waals surface area contributed by atoms with Crippen LogP contribution in [0, 0.1) is 0 Å². The molecular formula is C34H25F3N2O5S. The number of thiazole rings is 1. The molecule has 2 aromatic heterocycles. The number of hydrogen-bond acceptors (Lipinski definition) is 7. The largest absolute Gasteiger partial charge is 0.497 e. The molecule has 7 nitrogen and oxygen atoms in total. The molecule has 0 saturated heterocycles. The van der Waals surface area contributed by atoms with Crippen molar-refractivity contribution < 1.29 is 31.9 Å². The van der Waals surface area contributed by atoms with E-state index in [0.717, 1.165) is 23.5 Å². The number of carbonyl (C=O) groups excluding carboxylic acids is 1. The summed E-state index contributed by atoms with van der Waals surface area (Å²) < 4.78 is 58.3. The van der Waals surface area contributed by atoms with E-state index >= 15 is 0 Å². The van der Waals surface area contributed by atoms with E-state index in [1.54, 1.807) is 43.3 Å². The molecule has 11 heteroatoms. The van der Waals surface area contributed by atoms with Gasteiger partial charge < -0.3 is 13.9 Å². The first-order chi connectivity index (χ1) is 21.7. The Balaban J connectivity index is 1.53. The summed E-state index contributed by atoms with van der Waals surface area (Å²) in [6, 6.07) is 23.3. The van der Waals surface area contributed by atoms with Gasteiger partial charge in [-0.15, -0.1) is 0 Å². The molecule has 0 radical (unpaired) electrons. The summed E-state index contributed by atoms with van der Waals surface area (Å²) in [5.41, 5.74) is 0.865. The SMILES string of the molecule is CCOC(=O)C1=C(c2ccccc2)N=c2s/c(=C/c3ccc(-c4cccc(C(F)(F)F)c4)o3)c(=O)n2[C@H]1c1cccc(OC)c1. The lowest BCUT2D eigenvalue weighted by molar-refractivity contribution is -0.139. The molecule has 0 unspecified atom stereocenters. The molecule has 3 heterocycles. The number of aromatic nitrogens is 1. The molecule has 0 aliphatic carbocycles. The molecule has 0 saturated carbocycles. The van der Waals surface area contributed by atoms with E-state index in [1.165, 1.54) is 29.9 Å². The molecule has 5 aromatic rings. The number of alkyl halides is 3. The van der Waals surface area contributed by atoms with Gasteiger partial charge in [0.05, 0.1) is 41.1 Å². The highest BCUT2D eigenvalue weighted by atomic mass is 32.1. The highest BCUT2D eigenvalue weighted by molar-refractivity contribution is 7.07. The van der Waals surface area contributed by atoms with Crippen LogP contribution in [0.15, 0.2) is 111 Å². The molecule has 45 heavy (non-hydrogen) atoms. The summed E-state index contributed by atoms with van der Waals surface area (Å²) in [5, 5.41) is 0. The lowest BCUT2D eigenvalue weighted by Gasteiger charge is -2.26. The van der Waals surface area contributed by atoms with Crippen molar-refractivity contribution in [1.82, 2.24) is 4.57 Å². The molecule has 0 bridgehead atoms. The zero-order valence-electron chi connectivity index (χ0n) is 24.0. The fraction of sp³-hybridized carbons (Fsp3) is 0.147. The van der Waals surface area contributed by atoms with E-state index in [-0.39, 0.29) is 33.8 Å². The van der Waals surface area contributed by atoms with Crippen LogP contribution in [-0.2, 0) is 15.7 Å². The Bertz CT molecular complexity index is 2110. The average Bonchev–Trinajstić information content (AvgIpc) is 3.64. The Labute approximate surface area is 258 Å². The van der Waals surface area contributed by atoms with Gasteiger partial charge in [-0.3, -0.25) is 9.36 Å². The third-order valence-corrected chi connectivity index (χ3v) is 8.14. The molecule has 228 valence electrons. The maximum absolute atomic E-state index is 14.1. The number of carbonyl (C=O) groups is 1. The first-order valence-corrected chi connectivity index (χ1v) is 14.7. The summed E-state index contributed by atoms with van der Waals surface area (Å²) in [5.74, 6) is 0.400. The molecule has 0 N–H and O–H groups in total. The van der Waals surface area contributed by atoms with E-state index in [1.807, 2.05) is 30.3 Å². The lowest BCUT2D eigenvalue weighted by atomic mass is 9.93. The molecule has 3 aromatic carbocycles. The van der Waals surface area contributed by atoms with Crippen molar-refractivity contribution in [3.8, 4) is 17.1 Å². The van der Waals surface area contributed by atoms with Crippen molar-refractivity contribution >= 4 is 29.1 Å². The predicted molar refractivity (Wildman–Crippen MR) is 163 cm³/mol. The molecule has 0 amide bonds. The van der Waals surface area contributed by atoms with Crippen molar-refractivity contribution in [3.63, 3.8) is 0 Å². The number of fused-ring (bicyclic) bond motifs is 1. The molecule has 6 rings (SSSR count). The Morgan fingerprint density at radius 1 is 1.00 bits per heavy atom. The minimum absolute atomic E-state index is 0.117. The molecule has 1 aliphatic heterocycles. The van der Waals surface area contributed by atoms with Crippen molar-refractivity contribution in [2.24, 2.45) is 4.99 Å². The van der Waals surface area contributed by atoms with Crippen LogP contribution in [0.4, 0.5) is 13.2 Å². The van der Waals surface area contributed by atoms with E-state index in [9.17, 15) is 22.8 Å². The number of ether oxygens (including phenoxy) is 2. The summed E-state index contributed by atoms with van der Waals surface area (Å²) in [7, 11) is 1.53. The second-order valence-corrected chi connectivity index (χ2v) is 11.0. The highest BCUT2D eigenvalue weighted by Gasteiger charge is 2.35. The first-order valence-electron chi connectivity index (χ1n) is 13.9. The number of halogens is 3. The van der Waals surface area contributed by atoms with Crippen LogP contribution in [0.5, 0.6) is 5.75 Å². The standard InChI is InChI=1S/C34H25F3N2O5S/c1-3-43-32(41)28-29(20-9-5-4-6-10-20)38-33-39(30(28)22-12-8-14-24(18-22)42-2)31(40)27(45-33)19-25-15-16-26(44-25)21-11-7-13-23(17-21)34(35,36)37/h4-19,30H,3H2,1-2H3/b27-19+/t30-/m0/s1. The summed E-state index contributed by atoms with van der Waals surface area (Å²) in [6.07, 6.45) is -2.99. The monoisotopic (exact) mass is 630 g/mol. The Morgan fingerprint density at radius 3 is 2.49 bits per heavy atom. The smallest absolute Gasteiger partial charge is 0.416 e. The van der Waals surface area contributed by atoms with E-state index < -0.39 is 29.3 Å². The lowest BCUT2D eigenvalue weighted by Crippen LogP contribution is -2.40. The number of furan rings is 1. The zero-order chi connectivity index (χ0) is 31.7. The van der Waals surface area contributed by atoms with Gasteiger partial charge in [-0.1, -0.05) is 65.9 Å². The summed E-state index contributed by atoms with van der Waals surface area (Å²) >= 11 is 1.10. The predicted octanol–water partition coefficient (Wildman–Crippen LogP) is 6.22. The number of rotatable bonds is 7. The first kappa shape index (κ1) is 29.9. The fourth-order valence-electron chi connectivity index (χ4n) is 5.13. The van der Waals surface area contributed by atoms with Crippen LogP contribution in [0.2, 0.25) is 0 Å². The van der Waals surface area contributed by atoms with E-state index in [0.29, 0.717) is 27.4 Å². The van der Waals surface area contributed by atoms with Gasteiger partial charge in [0.1, 0.15) is 17.3 Å². The summed E-state index contributed by atoms with van der Waals surface area (Å²) in [6.45, 7) is 1.82. The number of esters is 1. The van der Waals surface area contributed by atoms with Gasteiger partial charge in [0, 0.05) is 17.2 Å². The van der Waals surface area contributed by atoms with Gasteiger partial charge in [0.2, 0.25) is 0 Å². The van der Waals surface area contributed by atoms with E-state index in [4.69, 9.17) is 18.9 Å². The topological polar surface area (TPSA) is 83.0 Å². The maximum Gasteiger partial charge on any atom is 0.416 e. The summed E-state index contributed by atoms with van der Waals surface area (Å²) in [4.78, 5) is 32.8. The van der Waals surface area contributed by atoms with E-state index in [2.05, 4.69) is 0 Å². The molecular weight excluding hydrogens is 605 g/mol. The normalized spacial score (nSPS) is 15.0. The fourth-order valence-corrected chi connectivity index (χ4v) is 6.11. The van der Waals surface area contributed by atoms with Crippen LogP contribution in [-0.4, -0.2) is 24.3 Å². The third kappa shape index (κ3) is 5.86. The zero-order valence-corrected chi connectivity index (χ0v) is 24.8. The van der Waals surface area contributed by atoms with Crippen molar-refractivity contribution in [2.45, 2.75) is 19.1 Å². The van der Waals surface area contributed by atoms with Crippen LogP contribution in [0.1, 0.15) is 35.4 Å². The Morgan fingerprint density at radius 2 is 1.76 bits per heavy atom. The van der Waals surface area contributed by atoms with Crippen LogP contribution >= 0.6 is 11.3 Å². The molecule has 0 spiro atoms. The Kier molecular flexibility index (Phi) is 8.03. The number of hydrogen-bond donors (Lipinski definition) is 0. The minimum atomic E-state index is -4.50. The van der Waals surface area contributed by atoms with Crippen molar-refractivity contribution in [3.05, 3.63) is 139 Å². The maximum atomic E-state index is 14.1. The van der Waals surface area contributed by atoms with Gasteiger partial charge >= 0.3 is 12.1 Å². The van der Waals surface area contributed by atoms with Crippen LogP contribution < -0.4 is 19.6 Å². The third-order valence-electron chi connectivity index (χ3n) is 7.16. The second-order valence-electron chi connectivity index (χ2n) is 9.99. The quantitative estimate of drug-likeness (QED) is 0.200. The van der Waals surface area contributed by atoms with Crippen LogP contribution in [0.25, 0.3) is 23.1 Å². The second kappa shape index (κ2) is 12.1. The van der Waals surface area contributed by atoms with Crippen molar-refractivity contribution in [1.29, 1.82) is 0 Å². The number of benzene rings is 3. The van der Waals surface area contributed by atoms with Gasteiger partial charge in [0.15, 0.2) is 4.80 Å². The molecule has 0 fully saturated rings. The minimum Gasteiger partial charge on any atom is -0.497 e. The van der Waals surface area contributed by atoms with Crippen LogP contribution in [0.3, 0.4) is 0 Å². The molecule has 1 atom stereocenters. The number of nitrogens with zero attached hydrogens (tertiary/aromatic N) is 2. The van der Waals surface area contributed by atoms with Gasteiger partial charge in [-0.25, -0.2) is 9.79 Å². The highest BCUT2D eigenvalue weighted by Crippen LogP contribution is 2.36. The van der Waals surface area contributed by atoms with Gasteiger partial charge in [-0.2, -0.15) is 13.2 Å². The Hall–Kier alpha value is -5.16. The van der Waals surface area contributed by atoms with Crippen molar-refractivity contribution in [2.75, 3.05) is 13.7 Å². The molecule has 1 aliphatic rings. The van der Waals surface area contributed by atoms with Gasteiger partial charge in [0.25, 0.3) is 5.56 Å². The average molecular weight is 631 g/mol.